The third-order valence-electron chi connectivity index (χ3n) is 7.15. The number of nitrogens with one attached hydrogen (secondary N) is 4. The summed E-state index contributed by atoms with van der Waals surface area (Å²) in [7, 11) is 0. The highest BCUT2D eigenvalue weighted by Crippen LogP contribution is 2.21. The van der Waals surface area contributed by atoms with E-state index in [9.17, 15) is 15.0 Å². The van der Waals surface area contributed by atoms with E-state index in [2.05, 4.69) is 61.1 Å². The van der Waals surface area contributed by atoms with E-state index in [-0.39, 0.29) is 19.2 Å². The first-order chi connectivity index (χ1) is 21.2. The minimum atomic E-state index is -0.547. The zero-order valence-corrected chi connectivity index (χ0v) is 27.4. The summed E-state index contributed by atoms with van der Waals surface area (Å²) in [5, 5.41) is 32.6. The number of aryl methyl sites for hydroxylation is 2. The van der Waals surface area contributed by atoms with Crippen LogP contribution >= 0.6 is 0 Å². The van der Waals surface area contributed by atoms with E-state index < -0.39 is 12.2 Å². The van der Waals surface area contributed by atoms with E-state index in [0.29, 0.717) is 38.3 Å². The monoisotopic (exact) mass is 614 g/mol. The molecule has 2 amide bonds. The highest BCUT2D eigenvalue weighted by atomic mass is 16.5. The highest BCUT2D eigenvalue weighted by Gasteiger charge is 2.10. The Kier molecular flexibility index (Phi) is 19.2. The smallest absolute Gasteiger partial charge is 0.314 e. The molecule has 0 aromatic heterocycles. The molecule has 0 spiro atoms. The minimum Gasteiger partial charge on any atom is -0.491 e. The summed E-state index contributed by atoms with van der Waals surface area (Å²) < 4.78 is 11.8. The zero-order chi connectivity index (χ0) is 32.0. The predicted octanol–water partition coefficient (Wildman–Crippen LogP) is 4.59. The average molecular weight is 615 g/mol. The summed E-state index contributed by atoms with van der Waals surface area (Å²) in [4.78, 5) is 12.2. The number of hydrogen-bond donors (Lipinski definition) is 6. The van der Waals surface area contributed by atoms with Gasteiger partial charge in [0.25, 0.3) is 0 Å². The molecule has 0 heterocycles. The first kappa shape index (κ1) is 37.3. The summed E-state index contributed by atoms with van der Waals surface area (Å²) in [5.74, 6) is 1.66. The fourth-order valence-electron chi connectivity index (χ4n) is 4.64. The van der Waals surface area contributed by atoms with Crippen molar-refractivity contribution in [2.75, 3.05) is 39.4 Å². The summed E-state index contributed by atoms with van der Waals surface area (Å²) in [6.45, 7) is 11.1. The number of benzene rings is 2. The number of carbonyl (C=O) groups is 1. The number of amides is 2. The number of aliphatic hydroxyl groups excluding tert-OH is 2. The van der Waals surface area contributed by atoms with Crippen molar-refractivity contribution in [2.24, 2.45) is 0 Å². The Morgan fingerprint density at radius 2 is 1.05 bits per heavy atom. The van der Waals surface area contributed by atoms with E-state index in [1.54, 1.807) is 0 Å². The van der Waals surface area contributed by atoms with Crippen molar-refractivity contribution in [2.45, 2.75) is 103 Å². The van der Waals surface area contributed by atoms with Gasteiger partial charge in [-0.1, -0.05) is 76.9 Å². The van der Waals surface area contributed by atoms with Crippen molar-refractivity contribution in [3.63, 3.8) is 0 Å². The third kappa shape index (κ3) is 17.4. The topological polar surface area (TPSA) is 124 Å². The number of aliphatic hydroxyl groups is 2. The van der Waals surface area contributed by atoms with Gasteiger partial charge >= 0.3 is 6.03 Å². The Morgan fingerprint density at radius 1 is 0.636 bits per heavy atom. The first-order valence-electron chi connectivity index (χ1n) is 16.5. The molecular formula is C35H58N4O5. The largest absolute Gasteiger partial charge is 0.491 e. The van der Waals surface area contributed by atoms with Gasteiger partial charge < -0.3 is 41.0 Å². The van der Waals surface area contributed by atoms with Crippen molar-refractivity contribution in [3.8, 4) is 11.5 Å². The maximum atomic E-state index is 12.2. The predicted molar refractivity (Wildman–Crippen MR) is 179 cm³/mol. The number of unbranched alkanes of at least 4 members (excludes halogenated alkanes) is 4. The molecular weight excluding hydrogens is 556 g/mol. The Labute approximate surface area is 265 Å². The molecule has 0 bridgehead atoms. The SMILES string of the molecule is CC(C)NC[C@H](O)COc1ccccc1CCCCCNC(=O)NCCCCCc1ccccc1OC[C@@H](O)CNC(C)C. The minimum absolute atomic E-state index is 0.112. The molecule has 0 unspecified atom stereocenters. The maximum Gasteiger partial charge on any atom is 0.314 e. The van der Waals surface area contributed by atoms with Gasteiger partial charge in [-0.3, -0.25) is 0 Å². The second-order valence-corrected chi connectivity index (χ2v) is 12.1. The molecule has 0 aliphatic heterocycles. The van der Waals surface area contributed by atoms with Crippen LogP contribution in [-0.2, 0) is 12.8 Å². The molecule has 44 heavy (non-hydrogen) atoms. The van der Waals surface area contributed by atoms with Crippen LogP contribution in [0, 0.1) is 0 Å². The molecule has 0 aliphatic rings. The molecule has 9 nitrogen and oxygen atoms in total. The molecule has 2 rings (SSSR count). The number of rotatable bonds is 24. The lowest BCUT2D eigenvalue weighted by atomic mass is 10.1. The molecule has 2 atom stereocenters. The number of carbonyl (C=O) groups excluding carboxylic acids is 1. The molecule has 6 N–H and O–H groups in total. The van der Waals surface area contributed by atoms with Gasteiger partial charge in [0.1, 0.15) is 36.9 Å². The summed E-state index contributed by atoms with van der Waals surface area (Å²) in [5.41, 5.74) is 2.29. The van der Waals surface area contributed by atoms with E-state index in [0.717, 1.165) is 74.0 Å². The van der Waals surface area contributed by atoms with Crippen molar-refractivity contribution < 1.29 is 24.5 Å². The lowest BCUT2D eigenvalue weighted by Crippen LogP contribution is -2.36. The van der Waals surface area contributed by atoms with Gasteiger partial charge in [-0.15, -0.1) is 0 Å². The van der Waals surface area contributed by atoms with Crippen LogP contribution in [0.1, 0.15) is 77.3 Å². The molecule has 0 saturated heterocycles. The van der Waals surface area contributed by atoms with Crippen molar-refractivity contribution in [1.29, 1.82) is 0 Å². The highest BCUT2D eigenvalue weighted by molar-refractivity contribution is 5.73. The molecule has 2 aromatic carbocycles. The van der Waals surface area contributed by atoms with Crippen LogP contribution in [0.5, 0.6) is 11.5 Å². The Hall–Kier alpha value is -2.85. The van der Waals surface area contributed by atoms with Crippen LogP contribution in [0.25, 0.3) is 0 Å². The van der Waals surface area contributed by atoms with Crippen molar-refractivity contribution in [3.05, 3.63) is 59.7 Å². The van der Waals surface area contributed by atoms with E-state index in [1.807, 2.05) is 36.4 Å². The van der Waals surface area contributed by atoms with Gasteiger partial charge in [0.15, 0.2) is 0 Å². The van der Waals surface area contributed by atoms with Crippen LogP contribution in [0.4, 0.5) is 4.79 Å². The molecule has 0 aliphatic carbocycles. The molecule has 9 heteroatoms. The van der Waals surface area contributed by atoms with Gasteiger partial charge in [-0.25, -0.2) is 4.79 Å². The second-order valence-electron chi connectivity index (χ2n) is 12.1. The van der Waals surface area contributed by atoms with E-state index in [1.165, 1.54) is 0 Å². The second kappa shape index (κ2) is 22.6. The normalized spacial score (nSPS) is 12.7. The van der Waals surface area contributed by atoms with Crippen LogP contribution in [0.2, 0.25) is 0 Å². The quantitative estimate of drug-likeness (QED) is 0.0957. The van der Waals surface area contributed by atoms with Crippen LogP contribution in [-0.4, -0.2) is 79.9 Å². The van der Waals surface area contributed by atoms with Crippen LogP contribution < -0.4 is 30.7 Å². The molecule has 0 fully saturated rings. The van der Waals surface area contributed by atoms with E-state index >= 15 is 0 Å². The molecule has 248 valence electrons. The fourth-order valence-corrected chi connectivity index (χ4v) is 4.64. The maximum absolute atomic E-state index is 12.2. The summed E-state index contributed by atoms with van der Waals surface area (Å²) in [6, 6.07) is 16.5. The van der Waals surface area contributed by atoms with Gasteiger partial charge in [-0.05, 0) is 61.8 Å². The number of ether oxygens (including phenoxy) is 2. The summed E-state index contributed by atoms with van der Waals surface area (Å²) >= 11 is 0. The fraction of sp³-hybridized carbons (Fsp3) is 0.629. The number of para-hydroxylation sites is 2. The average Bonchev–Trinajstić information content (AvgIpc) is 3.01. The summed E-state index contributed by atoms with van der Waals surface area (Å²) in [6.07, 6.45) is 6.57. The van der Waals surface area contributed by atoms with Gasteiger partial charge in [0.2, 0.25) is 0 Å². The molecule has 0 radical (unpaired) electrons. The lowest BCUT2D eigenvalue weighted by Gasteiger charge is -2.17. The molecule has 2 aromatic rings. The third-order valence-corrected chi connectivity index (χ3v) is 7.15. The van der Waals surface area contributed by atoms with Gasteiger partial charge in [-0.2, -0.15) is 0 Å². The first-order valence-corrected chi connectivity index (χ1v) is 16.5. The van der Waals surface area contributed by atoms with Crippen LogP contribution in [0.15, 0.2) is 48.5 Å². The Balaban J connectivity index is 1.52. The Bertz CT molecular complexity index is 956. The van der Waals surface area contributed by atoms with E-state index in [4.69, 9.17) is 9.47 Å². The van der Waals surface area contributed by atoms with Gasteiger partial charge in [0, 0.05) is 38.3 Å². The standard InChI is InChI=1S/C35H58N4O5/c1-27(2)38-23-31(40)25-43-33-19-11-9-17-29(33)15-7-5-13-21-36-35(42)37-22-14-6-8-16-30-18-10-12-20-34(30)44-26-32(41)24-39-28(3)4/h9-12,17-20,27-28,31-32,38-41H,5-8,13-16,21-26H2,1-4H3,(H2,36,37,42)/t31-,32-/m0/s1. The van der Waals surface area contributed by atoms with Crippen LogP contribution in [0.3, 0.4) is 0 Å². The molecule has 0 saturated carbocycles. The van der Waals surface area contributed by atoms with Gasteiger partial charge in [0.05, 0.1) is 0 Å². The zero-order valence-electron chi connectivity index (χ0n) is 27.4. The lowest BCUT2D eigenvalue weighted by molar-refractivity contribution is 0.104. The number of hydrogen-bond acceptors (Lipinski definition) is 7. The number of urea groups is 1. The van der Waals surface area contributed by atoms with Crippen molar-refractivity contribution >= 4 is 6.03 Å². The van der Waals surface area contributed by atoms with Crippen molar-refractivity contribution in [1.82, 2.24) is 21.3 Å². The Morgan fingerprint density at radius 3 is 1.45 bits per heavy atom.